The minimum atomic E-state index is -0.204. The van der Waals surface area contributed by atoms with Gasteiger partial charge in [0.05, 0.1) is 19.3 Å². The average molecular weight is 446 g/mol. The van der Waals surface area contributed by atoms with E-state index in [1.807, 2.05) is 12.1 Å². The van der Waals surface area contributed by atoms with Crippen molar-refractivity contribution in [3.8, 4) is 11.5 Å². The number of ketones is 1. The van der Waals surface area contributed by atoms with E-state index in [9.17, 15) is 9.59 Å². The summed E-state index contributed by atoms with van der Waals surface area (Å²) in [7, 11) is 1.54. The van der Waals surface area contributed by atoms with Crippen LogP contribution in [-0.2, 0) is 10.3 Å². The number of benzene rings is 2. The molecule has 0 saturated heterocycles. The first-order chi connectivity index (χ1) is 13.4. The van der Waals surface area contributed by atoms with Gasteiger partial charge in [0, 0.05) is 16.5 Å². The Morgan fingerprint density at radius 2 is 1.82 bits per heavy atom. The molecule has 0 spiro atoms. The fourth-order valence-corrected chi connectivity index (χ4v) is 3.39. The number of hydrogen-bond acceptors (Lipinski definition) is 4. The molecule has 1 N–H and O–H groups in total. The highest BCUT2D eigenvalue weighted by Crippen LogP contribution is 2.45. The van der Waals surface area contributed by atoms with Gasteiger partial charge in [0.2, 0.25) is 5.91 Å². The molecule has 2 aromatic carbocycles. The normalized spacial score (nSPS) is 14.2. The van der Waals surface area contributed by atoms with Gasteiger partial charge >= 0.3 is 0 Å². The van der Waals surface area contributed by atoms with Crippen LogP contribution in [0.4, 0.5) is 0 Å². The van der Waals surface area contributed by atoms with Crippen LogP contribution in [0.1, 0.15) is 48.5 Å². The summed E-state index contributed by atoms with van der Waals surface area (Å²) in [4.78, 5) is 23.8. The van der Waals surface area contributed by atoms with E-state index in [0.717, 1.165) is 22.9 Å². The molecule has 3 rings (SSSR count). The number of hydrogen-bond donors (Lipinski definition) is 1. The minimum Gasteiger partial charge on any atom is -0.493 e. The summed E-state index contributed by atoms with van der Waals surface area (Å²) in [6, 6.07) is 13.2. The van der Waals surface area contributed by atoms with E-state index in [2.05, 4.69) is 33.4 Å². The number of rotatable bonds is 9. The highest BCUT2D eigenvalue weighted by atomic mass is 79.9. The Hall–Kier alpha value is -2.34. The third kappa shape index (κ3) is 4.93. The van der Waals surface area contributed by atoms with E-state index < -0.39 is 0 Å². The first kappa shape index (κ1) is 20.4. The Bertz CT molecular complexity index is 859. The third-order valence-electron chi connectivity index (χ3n) is 4.90. The first-order valence-electron chi connectivity index (χ1n) is 9.32. The van der Waals surface area contributed by atoms with Crippen molar-refractivity contribution < 1.29 is 19.1 Å². The molecule has 148 valence electrons. The van der Waals surface area contributed by atoms with Crippen molar-refractivity contribution in [1.29, 1.82) is 0 Å². The van der Waals surface area contributed by atoms with Crippen LogP contribution in [0, 0.1) is 0 Å². The lowest BCUT2D eigenvalue weighted by Gasteiger charge is -2.18. The fourth-order valence-electron chi connectivity index (χ4n) is 3.13. The quantitative estimate of drug-likeness (QED) is 0.451. The maximum absolute atomic E-state index is 12.4. The number of Topliss-reactive ketones (excluding diaryl/α,β-unsaturated/α-hetero) is 1. The Morgan fingerprint density at radius 1 is 1.11 bits per heavy atom. The topological polar surface area (TPSA) is 64.6 Å². The number of amides is 1. The molecule has 0 aliphatic heterocycles. The molecule has 1 aliphatic carbocycles. The third-order valence-corrected chi connectivity index (χ3v) is 5.43. The average Bonchev–Trinajstić information content (AvgIpc) is 3.46. The first-order valence-corrected chi connectivity index (χ1v) is 10.1. The SMILES string of the molecule is COc1cc(C(C)=O)ccc1OCCCC(=O)NC1(c2ccc(Br)cc2)CC1. The van der Waals surface area contributed by atoms with Crippen LogP contribution >= 0.6 is 15.9 Å². The van der Waals surface area contributed by atoms with E-state index in [-0.39, 0.29) is 17.2 Å². The molecule has 0 heterocycles. The molecule has 28 heavy (non-hydrogen) atoms. The summed E-state index contributed by atoms with van der Waals surface area (Å²) >= 11 is 3.44. The molecule has 1 fully saturated rings. The summed E-state index contributed by atoms with van der Waals surface area (Å²) in [5, 5.41) is 3.17. The summed E-state index contributed by atoms with van der Waals surface area (Å²) in [5.41, 5.74) is 1.52. The van der Waals surface area contributed by atoms with Crippen molar-refractivity contribution in [2.45, 2.75) is 38.1 Å². The number of carbonyl (C=O) groups excluding carboxylic acids is 2. The van der Waals surface area contributed by atoms with Crippen LogP contribution < -0.4 is 14.8 Å². The Morgan fingerprint density at radius 3 is 2.43 bits per heavy atom. The number of methoxy groups -OCH3 is 1. The predicted molar refractivity (Wildman–Crippen MR) is 111 cm³/mol. The van der Waals surface area contributed by atoms with E-state index in [1.165, 1.54) is 14.0 Å². The lowest BCUT2D eigenvalue weighted by molar-refractivity contribution is -0.122. The second kappa shape index (κ2) is 8.78. The van der Waals surface area contributed by atoms with Gasteiger partial charge in [-0.1, -0.05) is 28.1 Å². The molecule has 0 radical (unpaired) electrons. The zero-order valence-electron chi connectivity index (χ0n) is 16.1. The molecule has 0 aromatic heterocycles. The number of carbonyl (C=O) groups is 2. The van der Waals surface area contributed by atoms with Crippen LogP contribution in [0.5, 0.6) is 11.5 Å². The lowest BCUT2D eigenvalue weighted by Crippen LogP contribution is -2.34. The highest BCUT2D eigenvalue weighted by Gasteiger charge is 2.45. The van der Waals surface area contributed by atoms with Crippen molar-refractivity contribution in [2.75, 3.05) is 13.7 Å². The summed E-state index contributed by atoms with van der Waals surface area (Å²) in [5.74, 6) is 1.09. The van der Waals surface area contributed by atoms with E-state index in [1.54, 1.807) is 18.2 Å². The molecule has 1 aliphatic rings. The number of nitrogens with one attached hydrogen (secondary N) is 1. The Kier molecular flexibility index (Phi) is 6.39. The molecule has 0 unspecified atom stereocenters. The van der Waals surface area contributed by atoms with Gasteiger partial charge in [-0.25, -0.2) is 0 Å². The van der Waals surface area contributed by atoms with Crippen LogP contribution in [-0.4, -0.2) is 25.4 Å². The standard InChI is InChI=1S/C22H24BrNO4/c1-15(25)16-5-10-19(20(14-16)27-2)28-13-3-4-21(26)24-22(11-12-22)17-6-8-18(23)9-7-17/h5-10,14H,3-4,11-13H2,1-2H3,(H,24,26). The van der Waals surface area contributed by atoms with Gasteiger partial charge in [-0.15, -0.1) is 0 Å². The maximum atomic E-state index is 12.4. The van der Waals surface area contributed by atoms with Crippen LogP contribution in [0.2, 0.25) is 0 Å². The minimum absolute atomic E-state index is 0.0266. The van der Waals surface area contributed by atoms with Crippen molar-refractivity contribution in [1.82, 2.24) is 5.32 Å². The van der Waals surface area contributed by atoms with Gasteiger partial charge in [0.15, 0.2) is 17.3 Å². The Labute approximate surface area is 173 Å². The molecular weight excluding hydrogens is 422 g/mol. The van der Waals surface area contributed by atoms with E-state index in [0.29, 0.717) is 36.5 Å². The fraction of sp³-hybridized carbons (Fsp3) is 0.364. The second-order valence-electron chi connectivity index (χ2n) is 7.01. The van der Waals surface area contributed by atoms with Gasteiger partial charge in [0.25, 0.3) is 0 Å². The second-order valence-corrected chi connectivity index (χ2v) is 7.93. The smallest absolute Gasteiger partial charge is 0.220 e. The van der Waals surface area contributed by atoms with E-state index >= 15 is 0 Å². The van der Waals surface area contributed by atoms with Gasteiger partial charge in [-0.2, -0.15) is 0 Å². The molecule has 5 nitrogen and oxygen atoms in total. The largest absolute Gasteiger partial charge is 0.493 e. The molecule has 0 atom stereocenters. The van der Waals surface area contributed by atoms with Crippen LogP contribution in [0.15, 0.2) is 46.9 Å². The van der Waals surface area contributed by atoms with Crippen LogP contribution in [0.3, 0.4) is 0 Å². The summed E-state index contributed by atoms with van der Waals surface area (Å²) < 4.78 is 12.1. The lowest BCUT2D eigenvalue weighted by atomic mass is 10.0. The number of halogens is 1. The predicted octanol–water partition coefficient (Wildman–Crippen LogP) is 4.62. The molecule has 0 bridgehead atoms. The zero-order valence-corrected chi connectivity index (χ0v) is 17.7. The Balaban J connectivity index is 1.47. The monoisotopic (exact) mass is 445 g/mol. The molecule has 2 aromatic rings. The molecule has 1 amide bonds. The van der Waals surface area contributed by atoms with Gasteiger partial charge in [0.1, 0.15) is 0 Å². The van der Waals surface area contributed by atoms with Crippen molar-refractivity contribution in [2.24, 2.45) is 0 Å². The van der Waals surface area contributed by atoms with Crippen molar-refractivity contribution in [3.05, 3.63) is 58.1 Å². The summed E-state index contributed by atoms with van der Waals surface area (Å²) in [6.45, 7) is 1.91. The van der Waals surface area contributed by atoms with E-state index in [4.69, 9.17) is 9.47 Å². The number of ether oxygens (including phenoxy) is 2. The van der Waals surface area contributed by atoms with Crippen molar-refractivity contribution >= 4 is 27.6 Å². The van der Waals surface area contributed by atoms with Crippen LogP contribution in [0.25, 0.3) is 0 Å². The zero-order chi connectivity index (χ0) is 20.1. The molecule has 1 saturated carbocycles. The highest BCUT2D eigenvalue weighted by molar-refractivity contribution is 9.10. The van der Waals surface area contributed by atoms with Gasteiger partial charge in [-0.05, 0) is 62.1 Å². The molecular formula is C22H24BrNO4. The molecule has 6 heteroatoms. The maximum Gasteiger partial charge on any atom is 0.220 e. The summed E-state index contributed by atoms with van der Waals surface area (Å²) in [6.07, 6.45) is 2.93. The van der Waals surface area contributed by atoms with Gasteiger partial charge in [-0.3, -0.25) is 9.59 Å². The van der Waals surface area contributed by atoms with Crippen molar-refractivity contribution in [3.63, 3.8) is 0 Å². The van der Waals surface area contributed by atoms with Gasteiger partial charge < -0.3 is 14.8 Å².